The van der Waals surface area contributed by atoms with E-state index in [9.17, 15) is 19.2 Å². The second-order valence-corrected chi connectivity index (χ2v) is 9.31. The fraction of sp³-hybridized carbons (Fsp3) is 0.846. The van der Waals surface area contributed by atoms with E-state index in [2.05, 4.69) is 5.73 Å². The third-order valence-electron chi connectivity index (χ3n) is 5.16. The Labute approximate surface area is 229 Å². The van der Waals surface area contributed by atoms with Crippen LogP contribution in [0.3, 0.4) is 0 Å². The van der Waals surface area contributed by atoms with Gasteiger partial charge in [-0.25, -0.2) is 4.79 Å². The Kier molecular flexibility index (Phi) is 27.5. The maximum Gasteiger partial charge on any atom is 0.365 e. The predicted octanol–water partition coefficient (Wildman–Crippen LogP) is -0.440. The van der Waals surface area contributed by atoms with Crippen molar-refractivity contribution in [1.82, 2.24) is 0 Å². The highest BCUT2D eigenvalue weighted by Gasteiger charge is 2.22. The normalized spacial score (nSPS) is 11.9. The molecule has 0 amide bonds. The minimum atomic E-state index is -0.596. The number of hydrogen-bond acceptors (Lipinski definition) is 9. The Bertz CT molecular complexity index is 565. The summed E-state index contributed by atoms with van der Waals surface area (Å²) >= 11 is 0. The zero-order valence-electron chi connectivity index (χ0n) is 23.7. The number of unbranched alkanes of at least 4 members (excludes halogenated alkanes) is 2. The lowest BCUT2D eigenvalue weighted by molar-refractivity contribution is -0.418. The summed E-state index contributed by atoms with van der Waals surface area (Å²) in [6, 6.07) is -0.942. The van der Waals surface area contributed by atoms with E-state index >= 15 is 0 Å². The lowest BCUT2D eigenvalue weighted by Gasteiger charge is -2.14. The first-order chi connectivity index (χ1) is 17.0. The minimum Gasteiger partial charge on any atom is -1.00 e. The van der Waals surface area contributed by atoms with Gasteiger partial charge in [0.1, 0.15) is 6.04 Å². The van der Waals surface area contributed by atoms with Gasteiger partial charge in [0.25, 0.3) is 0 Å². The number of carbonyl (C=O) groups excluding carboxylic acids is 4. The van der Waals surface area contributed by atoms with Gasteiger partial charge in [-0.15, -0.1) is 0 Å². The number of halogens is 1. The van der Waals surface area contributed by atoms with E-state index in [-0.39, 0.29) is 67.8 Å². The molecule has 37 heavy (non-hydrogen) atoms. The van der Waals surface area contributed by atoms with Crippen LogP contribution in [0.5, 0.6) is 0 Å². The first-order valence-corrected chi connectivity index (χ1v) is 13.2. The third kappa shape index (κ3) is 24.2. The molecule has 0 saturated heterocycles. The summed E-state index contributed by atoms with van der Waals surface area (Å²) in [6.07, 6.45) is 5.31. The summed E-state index contributed by atoms with van der Waals surface area (Å²) in [5, 5.41) is 0. The smallest absolute Gasteiger partial charge is 0.365 e. The van der Waals surface area contributed by atoms with Gasteiger partial charge >= 0.3 is 23.9 Å². The molecule has 220 valence electrons. The van der Waals surface area contributed by atoms with Crippen LogP contribution in [0.2, 0.25) is 0 Å². The molecule has 0 unspecified atom stereocenters. The molecule has 0 aliphatic heterocycles. The van der Waals surface area contributed by atoms with Crippen molar-refractivity contribution in [2.24, 2.45) is 17.6 Å². The molecular weight excluding hydrogens is 504 g/mol. The minimum absolute atomic E-state index is 0. The van der Waals surface area contributed by atoms with E-state index in [0.29, 0.717) is 32.5 Å². The first kappa shape index (κ1) is 39.6. The largest absolute Gasteiger partial charge is 1.00 e. The van der Waals surface area contributed by atoms with Gasteiger partial charge in [0.15, 0.2) is 6.04 Å². The Morgan fingerprint density at radius 2 is 1.03 bits per heavy atom. The van der Waals surface area contributed by atoms with E-state index in [4.69, 9.17) is 24.7 Å². The molecule has 0 aromatic heterocycles. The van der Waals surface area contributed by atoms with E-state index in [1.165, 1.54) is 0 Å². The summed E-state index contributed by atoms with van der Waals surface area (Å²) in [7, 11) is 0. The van der Waals surface area contributed by atoms with E-state index in [1.807, 2.05) is 41.5 Å². The molecule has 0 aliphatic rings. The number of rotatable bonds is 18. The van der Waals surface area contributed by atoms with Gasteiger partial charge in [-0.05, 0) is 31.6 Å². The Balaban J connectivity index is -0.000000608. The molecular formula is C26H51ClN2O8. The van der Waals surface area contributed by atoms with Crippen molar-refractivity contribution < 1.29 is 56.3 Å². The van der Waals surface area contributed by atoms with Crippen LogP contribution in [0, 0.1) is 11.8 Å². The standard InChI is InChI=1S/2C13H25NO4.ClH/c2*1-4-5-8-17-11(15)7-6-9-18-13(16)12(14)10(2)3;/h2*10,12H,4-9,14H2,1-3H3;1H/t2*12-;/m00./s1. The summed E-state index contributed by atoms with van der Waals surface area (Å²) < 4.78 is 20.0. The van der Waals surface area contributed by atoms with E-state index in [0.717, 1.165) is 25.7 Å². The molecule has 0 fully saturated rings. The molecule has 0 aromatic rings. The van der Waals surface area contributed by atoms with Crippen LogP contribution < -0.4 is 23.9 Å². The van der Waals surface area contributed by atoms with Crippen LogP contribution in [-0.2, 0) is 38.1 Å². The highest BCUT2D eigenvalue weighted by Crippen LogP contribution is 2.03. The van der Waals surface area contributed by atoms with Gasteiger partial charge < -0.3 is 42.8 Å². The highest BCUT2D eigenvalue weighted by atomic mass is 35.5. The molecule has 0 radical (unpaired) electrons. The van der Waals surface area contributed by atoms with Gasteiger partial charge in [0, 0.05) is 18.8 Å². The monoisotopic (exact) mass is 554 g/mol. The molecule has 0 spiro atoms. The fourth-order valence-electron chi connectivity index (χ4n) is 2.33. The van der Waals surface area contributed by atoms with Crippen molar-refractivity contribution in [1.29, 1.82) is 0 Å². The lowest BCUT2D eigenvalue weighted by Crippen LogP contribution is -3.00. The SMILES string of the molecule is CCCCOC(=O)CCCOC(=O)[C@@H](N)C(C)C.CCCCOC(=O)CCCOC(=O)[C@@H]([NH3+])C(C)C.[Cl-]. The van der Waals surface area contributed by atoms with Crippen molar-refractivity contribution in [3.63, 3.8) is 0 Å². The quantitative estimate of drug-likeness (QED) is 0.130. The molecule has 0 rings (SSSR count). The molecule has 0 aliphatic carbocycles. The van der Waals surface area contributed by atoms with Crippen LogP contribution in [0.1, 0.15) is 92.9 Å². The molecule has 2 atom stereocenters. The number of hydrogen-bond donors (Lipinski definition) is 2. The maximum atomic E-state index is 11.4. The Hall–Kier alpha value is -1.91. The van der Waals surface area contributed by atoms with Gasteiger partial charge in [0.05, 0.1) is 26.4 Å². The summed E-state index contributed by atoms with van der Waals surface area (Å²) in [5.41, 5.74) is 9.35. The number of carbonyl (C=O) groups is 4. The van der Waals surface area contributed by atoms with Crippen LogP contribution in [-0.4, -0.2) is 62.4 Å². The zero-order chi connectivity index (χ0) is 27.9. The molecule has 11 heteroatoms. The number of nitrogens with two attached hydrogens (primary N) is 1. The zero-order valence-corrected chi connectivity index (χ0v) is 24.5. The molecule has 5 N–H and O–H groups in total. The molecule has 0 saturated carbocycles. The summed E-state index contributed by atoms with van der Waals surface area (Å²) in [5.74, 6) is -0.969. The van der Waals surface area contributed by atoms with Crippen molar-refractivity contribution in [2.45, 2.75) is 105 Å². The average molecular weight is 555 g/mol. The Morgan fingerprint density at radius 1 is 0.649 bits per heavy atom. The first-order valence-electron chi connectivity index (χ1n) is 13.2. The topological polar surface area (TPSA) is 159 Å². The molecule has 0 aromatic carbocycles. The fourth-order valence-corrected chi connectivity index (χ4v) is 2.33. The lowest BCUT2D eigenvalue weighted by atomic mass is 10.1. The van der Waals surface area contributed by atoms with E-state index in [1.54, 1.807) is 0 Å². The highest BCUT2D eigenvalue weighted by molar-refractivity contribution is 5.76. The third-order valence-corrected chi connectivity index (χ3v) is 5.16. The number of quaternary nitrogens is 1. The average Bonchev–Trinajstić information content (AvgIpc) is 2.83. The summed E-state index contributed by atoms with van der Waals surface area (Å²) in [6.45, 7) is 13.0. The van der Waals surface area contributed by atoms with Crippen LogP contribution >= 0.6 is 0 Å². The van der Waals surface area contributed by atoms with Crippen molar-refractivity contribution in [3.8, 4) is 0 Å². The van der Waals surface area contributed by atoms with Gasteiger partial charge in [-0.3, -0.25) is 14.4 Å². The van der Waals surface area contributed by atoms with Crippen molar-refractivity contribution >= 4 is 23.9 Å². The molecule has 0 bridgehead atoms. The van der Waals surface area contributed by atoms with Gasteiger partial charge in [-0.1, -0.05) is 54.4 Å². The second-order valence-electron chi connectivity index (χ2n) is 9.31. The van der Waals surface area contributed by atoms with Crippen molar-refractivity contribution in [3.05, 3.63) is 0 Å². The van der Waals surface area contributed by atoms with Gasteiger partial charge in [0.2, 0.25) is 0 Å². The summed E-state index contributed by atoms with van der Waals surface area (Å²) in [4.78, 5) is 45.3. The number of ether oxygens (including phenoxy) is 4. The van der Waals surface area contributed by atoms with Crippen LogP contribution in [0.4, 0.5) is 0 Å². The van der Waals surface area contributed by atoms with Crippen LogP contribution in [0.25, 0.3) is 0 Å². The predicted molar refractivity (Wildman–Crippen MR) is 136 cm³/mol. The van der Waals surface area contributed by atoms with E-state index < -0.39 is 12.0 Å². The van der Waals surface area contributed by atoms with Crippen LogP contribution in [0.15, 0.2) is 0 Å². The molecule has 0 heterocycles. The maximum absolute atomic E-state index is 11.4. The number of esters is 4. The van der Waals surface area contributed by atoms with Gasteiger partial charge in [-0.2, -0.15) is 0 Å². The van der Waals surface area contributed by atoms with Crippen molar-refractivity contribution in [2.75, 3.05) is 26.4 Å². The molecule has 10 nitrogen and oxygen atoms in total. The second kappa shape index (κ2) is 25.7. The Morgan fingerprint density at radius 3 is 1.38 bits per heavy atom.